The molecule has 0 aliphatic carbocycles. The molecule has 0 bridgehead atoms. The van der Waals surface area contributed by atoms with E-state index in [1.165, 1.54) is 6.92 Å². The Morgan fingerprint density at radius 2 is 1.81 bits per heavy atom. The number of likely N-dealkylation sites (N-methyl/N-ethyl adjacent to an activating group) is 1. The second kappa shape index (κ2) is 8.48. The van der Waals surface area contributed by atoms with Crippen molar-refractivity contribution in [1.82, 2.24) is 0 Å². The van der Waals surface area contributed by atoms with Gasteiger partial charge < -0.3 is 9.64 Å². The largest absolute Gasteiger partial charge is 0.496 e. The van der Waals surface area contributed by atoms with Crippen LogP contribution in [0, 0.1) is 11.3 Å². The van der Waals surface area contributed by atoms with E-state index in [4.69, 9.17) is 4.74 Å². The molecule has 158 valence electrons. The van der Waals surface area contributed by atoms with Gasteiger partial charge in [-0.3, -0.25) is 14.6 Å². The monoisotopic (exact) mass is 423 g/mol. The number of ether oxygens (including phenoxy) is 1. The maximum atomic E-state index is 12.6. The van der Waals surface area contributed by atoms with Crippen molar-refractivity contribution >= 4 is 23.1 Å². The Morgan fingerprint density at radius 3 is 2.47 bits per heavy atom. The number of rotatable bonds is 4. The average molecular weight is 423 g/mol. The highest BCUT2D eigenvalue weighted by molar-refractivity contribution is 6.20. The molecule has 32 heavy (non-hydrogen) atoms. The lowest BCUT2D eigenvalue weighted by Gasteiger charge is -2.21. The molecule has 6 nitrogen and oxygen atoms in total. The van der Waals surface area contributed by atoms with E-state index in [0.717, 1.165) is 22.3 Å². The maximum absolute atomic E-state index is 12.6. The number of aliphatic imine (C=N–C) groups is 1. The van der Waals surface area contributed by atoms with E-state index in [2.05, 4.69) is 11.1 Å². The first-order chi connectivity index (χ1) is 15.4. The van der Waals surface area contributed by atoms with Crippen molar-refractivity contribution in [3.63, 3.8) is 0 Å². The first-order valence-corrected chi connectivity index (χ1v) is 10.1. The third-order valence-electron chi connectivity index (χ3n) is 5.55. The summed E-state index contributed by atoms with van der Waals surface area (Å²) >= 11 is 0. The topological polar surface area (TPSA) is 82.8 Å². The number of hydrogen-bond donors (Lipinski definition) is 0. The number of benzene rings is 3. The molecule has 6 heteroatoms. The smallest absolute Gasteiger partial charge is 0.248 e. The lowest BCUT2D eigenvalue weighted by atomic mass is 9.93. The summed E-state index contributed by atoms with van der Waals surface area (Å²) in [5, 5.41) is 9.33. The van der Waals surface area contributed by atoms with Crippen LogP contribution in [0.4, 0.5) is 5.69 Å². The Kier molecular flexibility index (Phi) is 5.57. The molecular formula is C26H21N3O3. The van der Waals surface area contributed by atoms with Gasteiger partial charge >= 0.3 is 0 Å². The fourth-order valence-corrected chi connectivity index (χ4v) is 3.77. The fourth-order valence-electron chi connectivity index (χ4n) is 3.77. The number of Topliss-reactive ketones (excluding diaryl/α,β-unsaturated/α-hetero) is 1. The lowest BCUT2D eigenvalue weighted by molar-refractivity contribution is -0.116. The van der Waals surface area contributed by atoms with Gasteiger partial charge in [-0.1, -0.05) is 36.4 Å². The molecule has 1 aliphatic heterocycles. The molecule has 1 aliphatic rings. The van der Waals surface area contributed by atoms with Gasteiger partial charge in [-0.2, -0.15) is 5.26 Å². The summed E-state index contributed by atoms with van der Waals surface area (Å²) < 4.78 is 5.66. The normalized spacial score (nSPS) is 13.0. The Bertz CT molecular complexity index is 1300. The van der Waals surface area contributed by atoms with Crippen LogP contribution >= 0.6 is 0 Å². The van der Waals surface area contributed by atoms with Gasteiger partial charge in [-0.05, 0) is 30.7 Å². The van der Waals surface area contributed by atoms with Crippen molar-refractivity contribution in [1.29, 1.82) is 5.26 Å². The number of nitrogens with zero attached hydrogens (tertiary/aromatic N) is 3. The first kappa shape index (κ1) is 21.0. The summed E-state index contributed by atoms with van der Waals surface area (Å²) in [7, 11) is 3.30. The van der Waals surface area contributed by atoms with Crippen LogP contribution in [0.5, 0.6) is 5.75 Å². The van der Waals surface area contributed by atoms with Crippen molar-refractivity contribution < 1.29 is 14.3 Å². The van der Waals surface area contributed by atoms with Gasteiger partial charge in [0.15, 0.2) is 5.78 Å². The van der Waals surface area contributed by atoms with E-state index in [0.29, 0.717) is 28.3 Å². The number of methoxy groups -OCH3 is 1. The molecule has 0 fully saturated rings. The number of hydrogen-bond acceptors (Lipinski definition) is 5. The highest BCUT2D eigenvalue weighted by Crippen LogP contribution is 2.38. The minimum atomic E-state index is -0.140. The quantitative estimate of drug-likeness (QED) is 0.588. The number of carbonyl (C=O) groups is 2. The standard InChI is InChI=1S/C26H21N3O3/c1-16(30)18-7-9-19(10-8-18)21-12-22-23(13-24(21)32-3)29(2)25(31)15-28-26(22)20-6-4-5-17(11-20)14-27/h4-13H,15H2,1-3H3. The summed E-state index contributed by atoms with van der Waals surface area (Å²) in [5.41, 5.74) is 5.67. The predicted octanol–water partition coefficient (Wildman–Crippen LogP) is 4.25. The predicted molar refractivity (Wildman–Crippen MR) is 124 cm³/mol. The van der Waals surface area contributed by atoms with Crippen molar-refractivity contribution in [2.75, 3.05) is 25.6 Å². The third kappa shape index (κ3) is 3.77. The van der Waals surface area contributed by atoms with Gasteiger partial charge in [-0.25, -0.2) is 0 Å². The molecule has 0 spiro atoms. The maximum Gasteiger partial charge on any atom is 0.248 e. The molecule has 0 N–H and O–H groups in total. The van der Waals surface area contributed by atoms with E-state index in [1.54, 1.807) is 49.4 Å². The molecule has 0 atom stereocenters. The van der Waals surface area contributed by atoms with E-state index >= 15 is 0 Å². The molecule has 0 unspecified atom stereocenters. The van der Waals surface area contributed by atoms with E-state index in [-0.39, 0.29) is 18.2 Å². The van der Waals surface area contributed by atoms with Crippen LogP contribution in [-0.2, 0) is 4.79 Å². The van der Waals surface area contributed by atoms with Gasteiger partial charge in [0.1, 0.15) is 12.3 Å². The minimum Gasteiger partial charge on any atom is -0.496 e. The number of nitriles is 1. The molecule has 0 aromatic heterocycles. The molecule has 1 heterocycles. The van der Waals surface area contributed by atoms with Gasteiger partial charge in [-0.15, -0.1) is 0 Å². The van der Waals surface area contributed by atoms with Crippen LogP contribution in [0.25, 0.3) is 11.1 Å². The van der Waals surface area contributed by atoms with Crippen molar-refractivity contribution in [3.8, 4) is 22.9 Å². The summed E-state index contributed by atoms with van der Waals surface area (Å²) in [6, 6.07) is 20.4. The Labute approximate surface area is 186 Å². The molecule has 0 radical (unpaired) electrons. The number of fused-ring (bicyclic) bond motifs is 1. The van der Waals surface area contributed by atoms with Crippen LogP contribution in [-0.4, -0.2) is 38.1 Å². The summed E-state index contributed by atoms with van der Waals surface area (Å²) in [6.45, 7) is 1.53. The molecular weight excluding hydrogens is 402 g/mol. The lowest BCUT2D eigenvalue weighted by Crippen LogP contribution is -2.27. The van der Waals surface area contributed by atoms with Crippen LogP contribution < -0.4 is 9.64 Å². The Morgan fingerprint density at radius 1 is 1.06 bits per heavy atom. The first-order valence-electron chi connectivity index (χ1n) is 10.1. The number of amides is 1. The van der Waals surface area contributed by atoms with Crippen molar-refractivity contribution in [3.05, 3.63) is 82.9 Å². The molecule has 0 saturated carbocycles. The second-order valence-electron chi connectivity index (χ2n) is 7.51. The SMILES string of the molecule is COc1cc2c(cc1-c1ccc(C(C)=O)cc1)C(c1cccc(C#N)c1)=NCC(=O)N2C. The molecule has 0 saturated heterocycles. The Balaban J connectivity index is 1.95. The van der Waals surface area contributed by atoms with Gasteiger partial charge in [0.2, 0.25) is 5.91 Å². The van der Waals surface area contributed by atoms with Gasteiger partial charge in [0, 0.05) is 35.4 Å². The number of ketones is 1. The molecule has 4 rings (SSSR count). The second-order valence-corrected chi connectivity index (χ2v) is 7.51. The van der Waals surface area contributed by atoms with Gasteiger partial charge in [0.05, 0.1) is 30.1 Å². The molecule has 3 aromatic carbocycles. The van der Waals surface area contributed by atoms with Crippen molar-refractivity contribution in [2.45, 2.75) is 6.92 Å². The van der Waals surface area contributed by atoms with E-state index in [9.17, 15) is 14.9 Å². The van der Waals surface area contributed by atoms with Crippen LogP contribution in [0.2, 0.25) is 0 Å². The minimum absolute atomic E-state index is 0.00223. The summed E-state index contributed by atoms with van der Waals surface area (Å²) in [4.78, 5) is 30.5. The zero-order valence-corrected chi connectivity index (χ0v) is 18.0. The zero-order valence-electron chi connectivity index (χ0n) is 18.0. The zero-order chi connectivity index (χ0) is 22.8. The number of carbonyl (C=O) groups excluding carboxylic acids is 2. The van der Waals surface area contributed by atoms with Crippen molar-refractivity contribution in [2.24, 2.45) is 4.99 Å². The Hall–Kier alpha value is -4.24. The third-order valence-corrected chi connectivity index (χ3v) is 5.55. The average Bonchev–Trinajstić information content (AvgIpc) is 2.94. The molecule has 3 aromatic rings. The number of benzodiazepines with no additional fused rings is 1. The van der Waals surface area contributed by atoms with Crippen LogP contribution in [0.3, 0.4) is 0 Å². The van der Waals surface area contributed by atoms with E-state index < -0.39 is 0 Å². The summed E-state index contributed by atoms with van der Waals surface area (Å²) in [5.74, 6) is 0.460. The van der Waals surface area contributed by atoms with Crippen LogP contribution in [0.1, 0.15) is 34.0 Å². The van der Waals surface area contributed by atoms with E-state index in [1.807, 2.05) is 30.3 Å². The number of anilines is 1. The van der Waals surface area contributed by atoms with Crippen LogP contribution in [0.15, 0.2) is 65.7 Å². The highest BCUT2D eigenvalue weighted by Gasteiger charge is 2.25. The highest BCUT2D eigenvalue weighted by atomic mass is 16.5. The fraction of sp³-hybridized carbons (Fsp3) is 0.154. The summed E-state index contributed by atoms with van der Waals surface area (Å²) in [6.07, 6.45) is 0. The molecule has 1 amide bonds. The van der Waals surface area contributed by atoms with Gasteiger partial charge in [0.25, 0.3) is 0 Å².